The summed E-state index contributed by atoms with van der Waals surface area (Å²) in [6.07, 6.45) is -4.30. The number of aliphatic imine (C=N–C) groups is 1. The Hall–Kier alpha value is -1.84. The normalized spacial score (nSPS) is 19.5. The first-order valence-electron chi connectivity index (χ1n) is 10.4. The van der Waals surface area contributed by atoms with E-state index in [0.29, 0.717) is 24.2 Å². The largest absolute Gasteiger partial charge is 0.411 e. The van der Waals surface area contributed by atoms with Gasteiger partial charge in [0.15, 0.2) is 5.96 Å². The molecule has 0 spiro atoms. The van der Waals surface area contributed by atoms with Crippen molar-refractivity contribution in [1.29, 1.82) is 0 Å². The van der Waals surface area contributed by atoms with Gasteiger partial charge in [0.2, 0.25) is 0 Å². The van der Waals surface area contributed by atoms with E-state index < -0.39 is 12.8 Å². The maximum absolute atomic E-state index is 12.1. The van der Waals surface area contributed by atoms with Crippen molar-refractivity contribution < 1.29 is 22.6 Å². The lowest BCUT2D eigenvalue weighted by Gasteiger charge is -2.38. The van der Waals surface area contributed by atoms with E-state index in [2.05, 4.69) is 39.1 Å². The molecule has 1 fully saturated rings. The number of alkyl halides is 3. The molecule has 9 heteroatoms. The Morgan fingerprint density at radius 1 is 1.27 bits per heavy atom. The number of hydrogen-bond acceptors (Lipinski definition) is 4. The van der Waals surface area contributed by atoms with E-state index in [4.69, 9.17) is 4.74 Å². The van der Waals surface area contributed by atoms with Crippen molar-refractivity contribution in [1.82, 2.24) is 15.5 Å². The molecule has 2 N–H and O–H groups in total. The second-order valence-corrected chi connectivity index (χ2v) is 7.51. The predicted octanol–water partition coefficient (Wildman–Crippen LogP) is 2.93. The maximum Gasteiger partial charge on any atom is 0.411 e. The van der Waals surface area contributed by atoms with Crippen molar-refractivity contribution in [2.75, 3.05) is 39.5 Å². The number of rotatable bonds is 9. The minimum atomic E-state index is -4.30. The summed E-state index contributed by atoms with van der Waals surface area (Å²) in [5.74, 6) is 0.739. The van der Waals surface area contributed by atoms with Crippen LogP contribution in [-0.4, -0.2) is 68.6 Å². The van der Waals surface area contributed by atoms with Crippen LogP contribution in [0.1, 0.15) is 31.9 Å². The number of ether oxygens (including phenoxy) is 2. The first-order valence-corrected chi connectivity index (χ1v) is 10.4. The van der Waals surface area contributed by atoms with E-state index >= 15 is 0 Å². The summed E-state index contributed by atoms with van der Waals surface area (Å²) in [6.45, 7) is 9.53. The molecule has 6 nitrogen and oxygen atoms in total. The zero-order valence-corrected chi connectivity index (χ0v) is 18.0. The second-order valence-electron chi connectivity index (χ2n) is 7.51. The highest BCUT2D eigenvalue weighted by atomic mass is 19.4. The topological polar surface area (TPSA) is 58.1 Å². The molecular formula is C21H33F3N4O2. The van der Waals surface area contributed by atoms with Crippen molar-refractivity contribution in [3.8, 4) is 0 Å². The fourth-order valence-corrected chi connectivity index (χ4v) is 3.29. The third-order valence-electron chi connectivity index (χ3n) is 4.87. The van der Waals surface area contributed by atoms with Crippen LogP contribution in [0.4, 0.5) is 13.2 Å². The van der Waals surface area contributed by atoms with Crippen molar-refractivity contribution in [3.63, 3.8) is 0 Å². The highest BCUT2D eigenvalue weighted by Crippen LogP contribution is 2.16. The zero-order chi connectivity index (χ0) is 22.0. The Morgan fingerprint density at radius 3 is 2.60 bits per heavy atom. The molecule has 1 saturated heterocycles. The fourth-order valence-electron chi connectivity index (χ4n) is 3.29. The van der Waals surface area contributed by atoms with Gasteiger partial charge in [0.25, 0.3) is 0 Å². The molecular weight excluding hydrogens is 397 g/mol. The standard InChI is InChI=1S/C21H33F3N4O2/c1-4-25-20(26-11-16(2)28-9-10-29-13-17(28)3)27-12-18-5-7-19(8-6-18)14-30-15-21(22,23)24/h5-8,16-17H,4,9-15H2,1-3H3,(H2,25,26,27). The van der Waals surface area contributed by atoms with Gasteiger partial charge in [0.1, 0.15) is 6.61 Å². The number of nitrogens with zero attached hydrogens (tertiary/aromatic N) is 2. The average molecular weight is 431 g/mol. The molecule has 1 aromatic rings. The summed E-state index contributed by atoms with van der Waals surface area (Å²) in [5, 5.41) is 6.64. The highest BCUT2D eigenvalue weighted by Gasteiger charge is 2.27. The number of benzene rings is 1. The molecule has 0 bridgehead atoms. The molecule has 0 saturated carbocycles. The second kappa shape index (κ2) is 12.1. The number of nitrogens with one attached hydrogen (secondary N) is 2. The molecule has 170 valence electrons. The minimum absolute atomic E-state index is 0.0644. The molecule has 0 aromatic heterocycles. The maximum atomic E-state index is 12.1. The predicted molar refractivity (Wildman–Crippen MR) is 111 cm³/mol. The number of morpholine rings is 1. The van der Waals surface area contributed by atoms with Gasteiger partial charge in [-0.1, -0.05) is 24.3 Å². The molecule has 0 radical (unpaired) electrons. The Morgan fingerprint density at radius 2 is 1.97 bits per heavy atom. The van der Waals surface area contributed by atoms with Crippen LogP contribution in [0.25, 0.3) is 0 Å². The first-order chi connectivity index (χ1) is 14.3. The van der Waals surface area contributed by atoms with Crippen molar-refractivity contribution in [2.24, 2.45) is 4.99 Å². The first kappa shape index (κ1) is 24.4. The van der Waals surface area contributed by atoms with E-state index in [0.717, 1.165) is 44.4 Å². The number of hydrogen-bond donors (Lipinski definition) is 2. The summed E-state index contributed by atoms with van der Waals surface area (Å²) in [6, 6.07) is 8.00. The van der Waals surface area contributed by atoms with Gasteiger partial charge in [0, 0.05) is 31.7 Å². The third kappa shape index (κ3) is 8.89. The van der Waals surface area contributed by atoms with Crippen LogP contribution in [0.2, 0.25) is 0 Å². The van der Waals surface area contributed by atoms with E-state index in [1.807, 2.05) is 19.1 Å². The van der Waals surface area contributed by atoms with Crippen molar-refractivity contribution in [2.45, 2.75) is 52.2 Å². The lowest BCUT2D eigenvalue weighted by molar-refractivity contribution is -0.176. The quantitative estimate of drug-likeness (QED) is 0.466. The summed E-state index contributed by atoms with van der Waals surface area (Å²) < 4.78 is 46.6. The van der Waals surface area contributed by atoms with Crippen LogP contribution < -0.4 is 10.6 Å². The molecule has 1 aliphatic rings. The zero-order valence-electron chi connectivity index (χ0n) is 18.0. The molecule has 2 rings (SSSR count). The summed E-state index contributed by atoms with van der Waals surface area (Å²) >= 11 is 0. The van der Waals surface area contributed by atoms with Gasteiger partial charge in [0.05, 0.1) is 26.4 Å². The van der Waals surface area contributed by atoms with Gasteiger partial charge >= 0.3 is 6.18 Å². The molecule has 2 unspecified atom stereocenters. The van der Waals surface area contributed by atoms with Gasteiger partial charge in [-0.15, -0.1) is 0 Å². The Labute approximate surface area is 176 Å². The Balaban J connectivity index is 1.83. The van der Waals surface area contributed by atoms with Gasteiger partial charge in [-0.25, -0.2) is 4.99 Å². The number of halogens is 3. The van der Waals surface area contributed by atoms with E-state index in [1.165, 1.54) is 0 Å². The van der Waals surface area contributed by atoms with Crippen molar-refractivity contribution in [3.05, 3.63) is 35.4 Å². The third-order valence-corrected chi connectivity index (χ3v) is 4.87. The van der Waals surface area contributed by atoms with Crippen LogP contribution in [0, 0.1) is 0 Å². The molecule has 1 aliphatic heterocycles. The SMILES string of the molecule is CCNC(=NCc1ccc(COCC(F)(F)F)cc1)NCC(C)N1CCOCC1C. The van der Waals surface area contributed by atoms with Crippen LogP contribution in [0.5, 0.6) is 0 Å². The monoisotopic (exact) mass is 430 g/mol. The Bertz CT molecular complexity index is 653. The van der Waals surface area contributed by atoms with Crippen molar-refractivity contribution >= 4 is 5.96 Å². The summed E-state index contributed by atoms with van der Waals surface area (Å²) in [7, 11) is 0. The Kier molecular flexibility index (Phi) is 9.87. The summed E-state index contributed by atoms with van der Waals surface area (Å²) in [5.41, 5.74) is 1.67. The van der Waals surface area contributed by atoms with Crippen LogP contribution >= 0.6 is 0 Å². The van der Waals surface area contributed by atoms with Crippen LogP contribution in [0.15, 0.2) is 29.3 Å². The van der Waals surface area contributed by atoms with E-state index in [1.54, 1.807) is 12.1 Å². The van der Waals surface area contributed by atoms with E-state index in [-0.39, 0.29) is 6.61 Å². The van der Waals surface area contributed by atoms with Gasteiger partial charge in [-0.05, 0) is 31.9 Å². The van der Waals surface area contributed by atoms with Crippen LogP contribution in [-0.2, 0) is 22.6 Å². The molecule has 0 amide bonds. The fraction of sp³-hybridized carbons (Fsp3) is 0.667. The highest BCUT2D eigenvalue weighted by molar-refractivity contribution is 5.79. The average Bonchev–Trinajstić information content (AvgIpc) is 2.70. The van der Waals surface area contributed by atoms with E-state index in [9.17, 15) is 13.2 Å². The lowest BCUT2D eigenvalue weighted by atomic mass is 10.1. The molecule has 1 heterocycles. The molecule has 1 aromatic carbocycles. The van der Waals surface area contributed by atoms with Gasteiger partial charge in [-0.2, -0.15) is 13.2 Å². The summed E-state index contributed by atoms with van der Waals surface area (Å²) in [4.78, 5) is 7.05. The molecule has 30 heavy (non-hydrogen) atoms. The van der Waals surface area contributed by atoms with Gasteiger partial charge < -0.3 is 20.1 Å². The van der Waals surface area contributed by atoms with Crippen LogP contribution in [0.3, 0.4) is 0 Å². The minimum Gasteiger partial charge on any atom is -0.379 e. The number of guanidine groups is 1. The van der Waals surface area contributed by atoms with Gasteiger partial charge in [-0.3, -0.25) is 4.90 Å². The smallest absolute Gasteiger partial charge is 0.379 e. The lowest BCUT2D eigenvalue weighted by Crippen LogP contribution is -2.53. The molecule has 2 atom stereocenters. The molecule has 0 aliphatic carbocycles.